The number of benzene rings is 1. The van der Waals surface area contributed by atoms with Crippen LogP contribution in [0.1, 0.15) is 33.1 Å². The van der Waals surface area contributed by atoms with Crippen LogP contribution in [0.2, 0.25) is 0 Å². The molecule has 3 unspecified atom stereocenters. The number of rotatable bonds is 5. The summed E-state index contributed by atoms with van der Waals surface area (Å²) in [5, 5.41) is 5.92. The van der Waals surface area contributed by atoms with Crippen molar-refractivity contribution in [2.24, 2.45) is 0 Å². The van der Waals surface area contributed by atoms with Crippen LogP contribution in [0.5, 0.6) is 0 Å². The zero-order valence-corrected chi connectivity index (χ0v) is 17.6. The van der Waals surface area contributed by atoms with Crippen LogP contribution in [0.4, 0.5) is 5.69 Å². The molecular formula is C18H27ClN4O4S. The summed E-state index contributed by atoms with van der Waals surface area (Å²) in [6.07, 6.45) is 2.82. The maximum Gasteiger partial charge on any atom is 0.241 e. The summed E-state index contributed by atoms with van der Waals surface area (Å²) in [7, 11) is -3.84. The lowest BCUT2D eigenvalue weighted by Crippen LogP contribution is -2.51. The van der Waals surface area contributed by atoms with Gasteiger partial charge in [-0.1, -0.05) is 0 Å². The second-order valence-corrected chi connectivity index (χ2v) is 8.89. The van der Waals surface area contributed by atoms with E-state index in [1.54, 1.807) is 6.92 Å². The molecule has 2 fully saturated rings. The number of nitrogens with one attached hydrogen (secondary N) is 3. The Morgan fingerprint density at radius 1 is 1.14 bits per heavy atom. The van der Waals surface area contributed by atoms with Crippen molar-refractivity contribution in [3.63, 3.8) is 0 Å². The summed E-state index contributed by atoms with van der Waals surface area (Å²) in [5.74, 6) is -0.408. The second-order valence-electron chi connectivity index (χ2n) is 7.17. The Balaban J connectivity index is 0.00000280. The SMILES string of the molecule is CC(=O)Nc1ccc(S(=O)(=O)NC(C)C(=O)N2C3CCNCC2CC3)cc1.Cl. The van der Waals surface area contributed by atoms with E-state index in [1.807, 2.05) is 4.90 Å². The van der Waals surface area contributed by atoms with Gasteiger partial charge in [0.25, 0.3) is 0 Å². The third-order valence-electron chi connectivity index (χ3n) is 5.10. The van der Waals surface area contributed by atoms with E-state index < -0.39 is 16.1 Å². The summed E-state index contributed by atoms with van der Waals surface area (Å²) >= 11 is 0. The number of carbonyl (C=O) groups excluding carboxylic acids is 2. The number of amides is 2. The van der Waals surface area contributed by atoms with Gasteiger partial charge in [0, 0.05) is 31.2 Å². The van der Waals surface area contributed by atoms with Gasteiger partial charge in [0.05, 0.1) is 10.9 Å². The fourth-order valence-corrected chi connectivity index (χ4v) is 5.03. The molecule has 10 heteroatoms. The molecule has 28 heavy (non-hydrogen) atoms. The van der Waals surface area contributed by atoms with E-state index in [0.717, 1.165) is 32.4 Å². The lowest BCUT2D eigenvalue weighted by molar-refractivity contribution is -0.135. The molecule has 2 amide bonds. The van der Waals surface area contributed by atoms with E-state index in [0.29, 0.717) is 5.69 Å². The molecule has 3 atom stereocenters. The van der Waals surface area contributed by atoms with E-state index in [2.05, 4.69) is 15.4 Å². The molecule has 0 aliphatic carbocycles. The number of nitrogens with zero attached hydrogens (tertiary/aromatic N) is 1. The van der Waals surface area contributed by atoms with Crippen LogP contribution >= 0.6 is 12.4 Å². The first-order chi connectivity index (χ1) is 12.8. The maximum absolute atomic E-state index is 12.9. The maximum atomic E-state index is 12.9. The topological polar surface area (TPSA) is 108 Å². The van der Waals surface area contributed by atoms with Crippen molar-refractivity contribution in [1.82, 2.24) is 14.9 Å². The number of halogens is 1. The van der Waals surface area contributed by atoms with Crippen LogP contribution in [-0.2, 0) is 19.6 Å². The van der Waals surface area contributed by atoms with Crippen molar-refractivity contribution in [2.45, 2.75) is 56.1 Å². The molecule has 0 aromatic heterocycles. The van der Waals surface area contributed by atoms with E-state index >= 15 is 0 Å². The van der Waals surface area contributed by atoms with Crippen LogP contribution < -0.4 is 15.4 Å². The molecule has 2 aliphatic heterocycles. The molecule has 2 aliphatic rings. The van der Waals surface area contributed by atoms with Crippen molar-refractivity contribution < 1.29 is 18.0 Å². The fourth-order valence-electron chi connectivity index (χ4n) is 3.84. The summed E-state index contributed by atoms with van der Waals surface area (Å²) < 4.78 is 27.7. The zero-order valence-electron chi connectivity index (χ0n) is 16.0. The summed E-state index contributed by atoms with van der Waals surface area (Å²) in [6.45, 7) is 4.60. The smallest absolute Gasteiger partial charge is 0.241 e. The summed E-state index contributed by atoms with van der Waals surface area (Å²) in [4.78, 5) is 25.9. The molecule has 1 aromatic carbocycles. The van der Waals surface area contributed by atoms with Crippen LogP contribution in [0, 0.1) is 0 Å². The molecule has 1 aromatic rings. The predicted molar refractivity (Wildman–Crippen MR) is 109 cm³/mol. The van der Waals surface area contributed by atoms with E-state index in [-0.39, 0.29) is 41.2 Å². The van der Waals surface area contributed by atoms with Crippen LogP contribution in [0.25, 0.3) is 0 Å². The Hall–Kier alpha value is -1.68. The van der Waals surface area contributed by atoms with Crippen molar-refractivity contribution in [1.29, 1.82) is 0 Å². The number of anilines is 1. The Labute approximate surface area is 171 Å². The number of hydrogen-bond donors (Lipinski definition) is 3. The number of sulfonamides is 1. The highest BCUT2D eigenvalue weighted by Gasteiger charge is 2.40. The average Bonchev–Trinajstić information content (AvgIpc) is 2.86. The standard InChI is InChI=1S/C18H26N4O4S.ClH/c1-12(18(24)22-15-5-6-16(22)11-19-10-9-15)21-27(25,26)17-7-3-14(4-8-17)20-13(2)23;/h3-4,7-8,12,15-16,19,21H,5-6,9-11H2,1-2H3,(H,20,23);1H. The van der Waals surface area contributed by atoms with Gasteiger partial charge in [-0.25, -0.2) is 8.42 Å². The van der Waals surface area contributed by atoms with Crippen molar-refractivity contribution in [3.8, 4) is 0 Å². The normalized spacial score (nSPS) is 22.7. The van der Waals surface area contributed by atoms with E-state index in [9.17, 15) is 18.0 Å². The largest absolute Gasteiger partial charge is 0.334 e. The highest BCUT2D eigenvalue weighted by Crippen LogP contribution is 2.28. The summed E-state index contributed by atoms with van der Waals surface area (Å²) in [5.41, 5.74) is 0.513. The van der Waals surface area contributed by atoms with Gasteiger partial charge in [-0.15, -0.1) is 12.4 Å². The molecule has 3 rings (SSSR count). The van der Waals surface area contributed by atoms with E-state index in [4.69, 9.17) is 0 Å². The van der Waals surface area contributed by atoms with Gasteiger partial charge < -0.3 is 15.5 Å². The van der Waals surface area contributed by atoms with Gasteiger partial charge in [-0.2, -0.15) is 4.72 Å². The molecule has 3 N–H and O–H groups in total. The number of hydrogen-bond acceptors (Lipinski definition) is 5. The zero-order chi connectivity index (χ0) is 19.6. The molecule has 0 radical (unpaired) electrons. The predicted octanol–water partition coefficient (Wildman–Crippen LogP) is 1.09. The first-order valence-corrected chi connectivity index (χ1v) is 10.7. The third-order valence-corrected chi connectivity index (χ3v) is 6.65. The molecule has 2 heterocycles. The highest BCUT2D eigenvalue weighted by atomic mass is 35.5. The fraction of sp³-hybridized carbons (Fsp3) is 0.556. The van der Waals surface area contributed by atoms with Crippen LogP contribution in [0.15, 0.2) is 29.2 Å². The summed E-state index contributed by atoms with van der Waals surface area (Å²) in [6, 6.07) is 5.32. The monoisotopic (exact) mass is 430 g/mol. The minimum absolute atomic E-state index is 0. The molecule has 8 nitrogen and oxygen atoms in total. The first kappa shape index (κ1) is 22.6. The quantitative estimate of drug-likeness (QED) is 0.648. The van der Waals surface area contributed by atoms with Gasteiger partial charge in [-0.3, -0.25) is 9.59 Å². The second kappa shape index (κ2) is 9.21. The molecule has 0 saturated carbocycles. The van der Waals surface area contributed by atoms with Gasteiger partial charge in [0.15, 0.2) is 0 Å². The Kier molecular flexibility index (Phi) is 7.44. The van der Waals surface area contributed by atoms with Gasteiger partial charge in [0.2, 0.25) is 21.8 Å². The Morgan fingerprint density at radius 3 is 2.43 bits per heavy atom. The molecule has 0 spiro atoms. The first-order valence-electron chi connectivity index (χ1n) is 9.21. The molecule has 2 saturated heterocycles. The molecular weight excluding hydrogens is 404 g/mol. The highest BCUT2D eigenvalue weighted by molar-refractivity contribution is 7.89. The minimum atomic E-state index is -3.84. The van der Waals surface area contributed by atoms with E-state index in [1.165, 1.54) is 31.2 Å². The van der Waals surface area contributed by atoms with Crippen molar-refractivity contribution in [3.05, 3.63) is 24.3 Å². The Morgan fingerprint density at radius 2 is 1.79 bits per heavy atom. The average molecular weight is 431 g/mol. The Bertz CT molecular complexity index is 801. The molecule has 2 bridgehead atoms. The number of carbonyl (C=O) groups is 2. The van der Waals surface area contributed by atoms with Gasteiger partial charge in [0.1, 0.15) is 0 Å². The van der Waals surface area contributed by atoms with Gasteiger partial charge >= 0.3 is 0 Å². The van der Waals surface area contributed by atoms with Crippen LogP contribution in [0.3, 0.4) is 0 Å². The minimum Gasteiger partial charge on any atom is -0.334 e. The lowest BCUT2D eigenvalue weighted by Gasteiger charge is -2.30. The van der Waals surface area contributed by atoms with Crippen molar-refractivity contribution >= 4 is 39.9 Å². The third kappa shape index (κ3) is 5.02. The van der Waals surface area contributed by atoms with Crippen molar-refractivity contribution in [2.75, 3.05) is 18.4 Å². The molecule has 156 valence electrons. The lowest BCUT2D eigenvalue weighted by atomic mass is 10.1. The van der Waals surface area contributed by atoms with Gasteiger partial charge in [-0.05, 0) is 57.0 Å². The van der Waals surface area contributed by atoms with Crippen LogP contribution in [-0.4, -0.2) is 56.3 Å². The number of fused-ring (bicyclic) bond motifs is 2.